The van der Waals surface area contributed by atoms with Crippen molar-refractivity contribution in [3.05, 3.63) is 35.4 Å². The van der Waals surface area contributed by atoms with Crippen LogP contribution in [0.2, 0.25) is 0 Å². The number of carbonyl (C=O) groups is 1. The first-order chi connectivity index (χ1) is 9.27. The van der Waals surface area contributed by atoms with E-state index in [0.29, 0.717) is 11.1 Å². The van der Waals surface area contributed by atoms with Gasteiger partial charge in [0.2, 0.25) is 10.0 Å². The monoisotopic (exact) mass is 316 g/mol. The average Bonchev–Trinajstić information content (AvgIpc) is 2.43. The summed E-state index contributed by atoms with van der Waals surface area (Å²) in [5.74, 6) is -0.811. The molecule has 3 N–H and O–H groups in total. The quantitative estimate of drug-likeness (QED) is 0.578. The summed E-state index contributed by atoms with van der Waals surface area (Å²) in [6.07, 6.45) is 0. The molecule has 0 amide bonds. The minimum Gasteiger partial charge on any atom is -0.468 e. The molecule has 0 radical (unpaired) electrons. The molecule has 0 aliphatic rings. The van der Waals surface area contributed by atoms with Gasteiger partial charge in [0.1, 0.15) is 4.99 Å². The third-order valence-corrected chi connectivity index (χ3v) is 4.59. The Morgan fingerprint density at radius 2 is 2.15 bits per heavy atom. The fraction of sp³-hybridized carbons (Fsp3) is 0.333. The Balaban J connectivity index is 2.79. The highest BCUT2D eigenvalue weighted by Gasteiger charge is 2.28. The van der Waals surface area contributed by atoms with Crippen molar-refractivity contribution in [1.82, 2.24) is 4.72 Å². The van der Waals surface area contributed by atoms with E-state index in [-0.39, 0.29) is 11.5 Å². The number of esters is 1. The number of thiocarbonyl (C=S) groups is 1. The zero-order valence-electron chi connectivity index (χ0n) is 11.1. The molecule has 0 bridgehead atoms. The molecule has 1 atom stereocenters. The molecule has 6 nitrogen and oxygen atoms in total. The highest BCUT2D eigenvalue weighted by Crippen LogP contribution is 2.07. The summed E-state index contributed by atoms with van der Waals surface area (Å²) in [7, 11) is -2.65. The van der Waals surface area contributed by atoms with Crippen molar-refractivity contribution in [1.29, 1.82) is 0 Å². The second-order valence-electron chi connectivity index (χ2n) is 4.10. The number of hydrogen-bond donors (Lipinski definition) is 2. The predicted octanol–water partition coefficient (Wildman–Crippen LogP) is 0.302. The van der Waals surface area contributed by atoms with Crippen LogP contribution in [0.25, 0.3) is 0 Å². The molecular formula is C12H16N2O4S2. The maximum absolute atomic E-state index is 11.9. The van der Waals surface area contributed by atoms with E-state index in [0.717, 1.165) is 7.11 Å². The van der Waals surface area contributed by atoms with E-state index in [4.69, 9.17) is 18.0 Å². The number of rotatable bonds is 6. The molecule has 0 aromatic heterocycles. The first kappa shape index (κ1) is 16.5. The summed E-state index contributed by atoms with van der Waals surface area (Å²) in [6.45, 7) is 1.31. The van der Waals surface area contributed by atoms with Crippen molar-refractivity contribution in [2.75, 3.05) is 7.11 Å². The lowest BCUT2D eigenvalue weighted by Gasteiger charge is -2.12. The number of nitrogens with two attached hydrogens (primary N) is 1. The van der Waals surface area contributed by atoms with E-state index in [1.54, 1.807) is 24.3 Å². The van der Waals surface area contributed by atoms with Crippen LogP contribution >= 0.6 is 12.2 Å². The van der Waals surface area contributed by atoms with Gasteiger partial charge in [-0.2, -0.15) is 0 Å². The van der Waals surface area contributed by atoms with Gasteiger partial charge in [0.15, 0.2) is 5.25 Å². The van der Waals surface area contributed by atoms with Crippen LogP contribution in [0.3, 0.4) is 0 Å². The topological polar surface area (TPSA) is 98.5 Å². The molecule has 1 unspecified atom stereocenters. The maximum atomic E-state index is 11.9. The first-order valence-corrected chi connectivity index (χ1v) is 7.68. The number of sulfonamides is 1. The van der Waals surface area contributed by atoms with E-state index in [1.165, 1.54) is 6.92 Å². The Hall–Kier alpha value is -1.51. The Morgan fingerprint density at radius 1 is 1.50 bits per heavy atom. The predicted molar refractivity (Wildman–Crippen MR) is 79.6 cm³/mol. The highest BCUT2D eigenvalue weighted by atomic mass is 32.2. The molecule has 8 heteroatoms. The smallest absolute Gasteiger partial charge is 0.325 e. The Bertz CT molecular complexity index is 614. The number of benzene rings is 1. The maximum Gasteiger partial charge on any atom is 0.325 e. The van der Waals surface area contributed by atoms with Gasteiger partial charge in [0.25, 0.3) is 0 Å². The third-order valence-electron chi connectivity index (χ3n) is 2.69. The van der Waals surface area contributed by atoms with E-state index in [2.05, 4.69) is 9.46 Å². The molecule has 0 saturated carbocycles. The Labute approximate surface area is 123 Å². The second-order valence-corrected chi connectivity index (χ2v) is 6.62. The summed E-state index contributed by atoms with van der Waals surface area (Å²) in [6, 6.07) is 6.88. The minimum atomic E-state index is -3.79. The second kappa shape index (κ2) is 6.78. The molecular weight excluding hydrogens is 300 g/mol. The van der Waals surface area contributed by atoms with Crippen LogP contribution in [-0.2, 0) is 26.1 Å². The van der Waals surface area contributed by atoms with Crippen LogP contribution in [0.5, 0.6) is 0 Å². The molecule has 0 heterocycles. The van der Waals surface area contributed by atoms with Crippen LogP contribution < -0.4 is 10.5 Å². The summed E-state index contributed by atoms with van der Waals surface area (Å²) in [5.41, 5.74) is 6.84. The highest BCUT2D eigenvalue weighted by molar-refractivity contribution is 7.90. The SMILES string of the molecule is COC(=O)C(C)S(=O)(=O)NCc1cccc(C(N)=S)c1. The van der Waals surface area contributed by atoms with E-state index < -0.39 is 21.2 Å². The molecule has 110 valence electrons. The van der Waals surface area contributed by atoms with Crippen LogP contribution in [0, 0.1) is 0 Å². The largest absolute Gasteiger partial charge is 0.468 e. The molecule has 1 aromatic carbocycles. The van der Waals surface area contributed by atoms with Crippen molar-refractivity contribution < 1.29 is 17.9 Å². The summed E-state index contributed by atoms with van der Waals surface area (Å²) in [4.78, 5) is 11.5. The average molecular weight is 316 g/mol. The lowest BCUT2D eigenvalue weighted by atomic mass is 10.1. The van der Waals surface area contributed by atoms with Gasteiger partial charge in [-0.05, 0) is 18.6 Å². The van der Waals surface area contributed by atoms with E-state index >= 15 is 0 Å². The first-order valence-electron chi connectivity index (χ1n) is 5.73. The number of methoxy groups -OCH3 is 1. The molecule has 0 fully saturated rings. The summed E-state index contributed by atoms with van der Waals surface area (Å²) < 4.78 is 30.5. The lowest BCUT2D eigenvalue weighted by Crippen LogP contribution is -2.37. The minimum absolute atomic E-state index is 0.0418. The van der Waals surface area contributed by atoms with E-state index in [9.17, 15) is 13.2 Å². The number of hydrogen-bond acceptors (Lipinski definition) is 5. The molecule has 1 aromatic rings. The molecule has 20 heavy (non-hydrogen) atoms. The van der Waals surface area contributed by atoms with Crippen molar-refractivity contribution >= 4 is 33.2 Å². The van der Waals surface area contributed by atoms with Crippen molar-refractivity contribution in [3.63, 3.8) is 0 Å². The standard InChI is InChI=1S/C12H16N2O4S2/c1-8(12(15)18-2)20(16,17)14-7-9-4-3-5-10(6-9)11(13)19/h3-6,8,14H,7H2,1-2H3,(H2,13,19). The van der Waals surface area contributed by atoms with Crippen LogP contribution in [0.1, 0.15) is 18.1 Å². The van der Waals surface area contributed by atoms with Crippen LogP contribution in [0.4, 0.5) is 0 Å². The zero-order chi connectivity index (χ0) is 15.3. The van der Waals surface area contributed by atoms with E-state index in [1.807, 2.05) is 0 Å². The number of carbonyl (C=O) groups excluding carboxylic acids is 1. The molecule has 0 saturated heterocycles. The molecule has 0 aliphatic carbocycles. The van der Waals surface area contributed by atoms with Gasteiger partial charge < -0.3 is 10.5 Å². The molecule has 0 aliphatic heterocycles. The van der Waals surface area contributed by atoms with Gasteiger partial charge in [-0.3, -0.25) is 4.79 Å². The summed E-state index contributed by atoms with van der Waals surface area (Å²) >= 11 is 4.85. The normalized spacial score (nSPS) is 12.7. The van der Waals surface area contributed by atoms with Crippen molar-refractivity contribution in [2.45, 2.75) is 18.7 Å². The van der Waals surface area contributed by atoms with Crippen molar-refractivity contribution in [3.8, 4) is 0 Å². The fourth-order valence-electron chi connectivity index (χ4n) is 1.44. The molecule has 0 spiro atoms. The van der Waals surface area contributed by atoms with Crippen molar-refractivity contribution in [2.24, 2.45) is 5.73 Å². The van der Waals surface area contributed by atoms with Gasteiger partial charge in [0.05, 0.1) is 7.11 Å². The van der Waals surface area contributed by atoms with Gasteiger partial charge in [-0.25, -0.2) is 13.1 Å². The van der Waals surface area contributed by atoms with Gasteiger partial charge >= 0.3 is 5.97 Å². The Morgan fingerprint density at radius 3 is 2.70 bits per heavy atom. The zero-order valence-corrected chi connectivity index (χ0v) is 12.8. The van der Waals surface area contributed by atoms with Gasteiger partial charge in [-0.1, -0.05) is 30.4 Å². The van der Waals surface area contributed by atoms with Gasteiger partial charge in [0, 0.05) is 12.1 Å². The summed E-state index contributed by atoms with van der Waals surface area (Å²) in [5, 5.41) is -1.27. The number of ether oxygens (including phenoxy) is 1. The van der Waals surface area contributed by atoms with Crippen LogP contribution in [0.15, 0.2) is 24.3 Å². The lowest BCUT2D eigenvalue weighted by molar-refractivity contribution is -0.139. The van der Waals surface area contributed by atoms with Gasteiger partial charge in [-0.15, -0.1) is 0 Å². The van der Waals surface area contributed by atoms with Crippen LogP contribution in [-0.4, -0.2) is 31.7 Å². The fourth-order valence-corrected chi connectivity index (χ4v) is 2.53. The molecule has 1 rings (SSSR count). The Kier molecular flexibility index (Phi) is 5.61. The third kappa shape index (κ3) is 4.26. The number of nitrogens with one attached hydrogen (secondary N) is 1.